The van der Waals surface area contributed by atoms with Crippen LogP contribution in [0.2, 0.25) is 0 Å². The van der Waals surface area contributed by atoms with Crippen LogP contribution in [0, 0.1) is 0 Å². The molecule has 150 valence electrons. The van der Waals surface area contributed by atoms with E-state index < -0.39 is 12.1 Å². The molecule has 29 heavy (non-hydrogen) atoms. The van der Waals surface area contributed by atoms with E-state index in [2.05, 4.69) is 10.3 Å². The van der Waals surface area contributed by atoms with E-state index in [9.17, 15) is 14.7 Å². The standard InChI is InChI=1S/C19H17N3O3.CH2O3/c23-17-14-8-9-22(11-12-4-2-1-3-5-12)19(25)15(14)10-20-16(17)18(24)21-13-6-7-13;2-1(3)4/h1-5,8-10,13,23H,6-7,11H2,(H,21,24);(H2,2,3,4). The maximum Gasteiger partial charge on any atom is 0.503 e. The zero-order chi connectivity index (χ0) is 21.0. The first-order valence-electron chi connectivity index (χ1n) is 8.84. The van der Waals surface area contributed by atoms with Crippen LogP contribution in [0.3, 0.4) is 0 Å². The molecule has 3 aromatic rings. The van der Waals surface area contributed by atoms with Gasteiger partial charge in [-0.25, -0.2) is 9.78 Å². The number of hydrogen-bond acceptors (Lipinski definition) is 5. The molecule has 1 aliphatic rings. The number of benzene rings is 1. The quantitative estimate of drug-likeness (QED) is 0.529. The number of carbonyl (C=O) groups excluding carboxylic acids is 1. The van der Waals surface area contributed by atoms with E-state index in [-0.39, 0.29) is 23.0 Å². The minimum Gasteiger partial charge on any atom is -0.505 e. The fourth-order valence-electron chi connectivity index (χ4n) is 2.79. The summed E-state index contributed by atoms with van der Waals surface area (Å²) in [6, 6.07) is 11.4. The summed E-state index contributed by atoms with van der Waals surface area (Å²) in [6.45, 7) is 0.431. The molecule has 4 rings (SSSR count). The molecule has 4 N–H and O–H groups in total. The van der Waals surface area contributed by atoms with Crippen molar-refractivity contribution in [2.24, 2.45) is 0 Å². The second-order valence-electron chi connectivity index (χ2n) is 6.55. The summed E-state index contributed by atoms with van der Waals surface area (Å²) in [6.07, 6.45) is 3.05. The minimum atomic E-state index is -1.83. The van der Waals surface area contributed by atoms with Crippen LogP contribution in [0.15, 0.2) is 53.6 Å². The molecule has 0 aliphatic heterocycles. The van der Waals surface area contributed by atoms with Gasteiger partial charge in [0.25, 0.3) is 11.5 Å². The van der Waals surface area contributed by atoms with Crippen molar-refractivity contribution in [1.29, 1.82) is 0 Å². The number of fused-ring (bicyclic) bond motifs is 1. The number of hydrogen-bond donors (Lipinski definition) is 4. The van der Waals surface area contributed by atoms with Gasteiger partial charge in [0.15, 0.2) is 11.4 Å². The first-order valence-corrected chi connectivity index (χ1v) is 8.84. The van der Waals surface area contributed by atoms with Gasteiger partial charge >= 0.3 is 6.16 Å². The lowest BCUT2D eigenvalue weighted by Gasteiger charge is -2.10. The summed E-state index contributed by atoms with van der Waals surface area (Å²) < 4.78 is 1.56. The molecule has 0 spiro atoms. The zero-order valence-electron chi connectivity index (χ0n) is 15.3. The Kier molecular flexibility index (Phi) is 5.77. The monoisotopic (exact) mass is 397 g/mol. The van der Waals surface area contributed by atoms with Gasteiger partial charge in [0, 0.05) is 23.8 Å². The number of nitrogens with one attached hydrogen (secondary N) is 1. The van der Waals surface area contributed by atoms with Crippen LogP contribution in [-0.4, -0.2) is 43.0 Å². The number of nitrogens with zero attached hydrogens (tertiary/aromatic N) is 2. The van der Waals surface area contributed by atoms with Crippen molar-refractivity contribution in [3.63, 3.8) is 0 Å². The normalized spacial score (nSPS) is 12.7. The Morgan fingerprint density at radius 1 is 1.10 bits per heavy atom. The van der Waals surface area contributed by atoms with Crippen LogP contribution < -0.4 is 10.9 Å². The van der Waals surface area contributed by atoms with Crippen LogP contribution in [-0.2, 0) is 6.54 Å². The van der Waals surface area contributed by atoms with Gasteiger partial charge in [-0.05, 0) is 24.5 Å². The van der Waals surface area contributed by atoms with Crippen LogP contribution in [0.4, 0.5) is 4.79 Å². The van der Waals surface area contributed by atoms with Gasteiger partial charge in [0.1, 0.15) is 0 Å². The topological polar surface area (TPSA) is 142 Å². The first kappa shape index (κ1) is 19.9. The highest BCUT2D eigenvalue weighted by Gasteiger charge is 2.26. The van der Waals surface area contributed by atoms with Gasteiger partial charge in [-0.2, -0.15) is 0 Å². The highest BCUT2D eigenvalue weighted by molar-refractivity contribution is 6.01. The average molecular weight is 397 g/mol. The molecular formula is C20H19N3O6. The maximum atomic E-state index is 12.7. The summed E-state index contributed by atoms with van der Waals surface area (Å²) in [5, 5.41) is 27.7. The van der Waals surface area contributed by atoms with Gasteiger partial charge in [-0.15, -0.1) is 0 Å². The van der Waals surface area contributed by atoms with Gasteiger partial charge in [-0.1, -0.05) is 30.3 Å². The summed E-state index contributed by atoms with van der Waals surface area (Å²) in [7, 11) is 0. The Bertz CT molecular complexity index is 1100. The number of carboxylic acid groups (broad SMARTS) is 2. The third-order valence-corrected chi connectivity index (χ3v) is 4.33. The molecule has 0 unspecified atom stereocenters. The molecule has 1 saturated carbocycles. The number of aromatic hydroxyl groups is 1. The SMILES string of the molecule is O=C(NC1CC1)c1ncc2c(=O)n(Cc3ccccc3)ccc2c1O.O=C(O)O. The summed E-state index contributed by atoms with van der Waals surface area (Å²) in [5.74, 6) is -0.657. The van der Waals surface area contributed by atoms with Crippen molar-refractivity contribution >= 4 is 22.8 Å². The molecule has 9 heteroatoms. The van der Waals surface area contributed by atoms with Gasteiger partial charge in [0.05, 0.1) is 11.9 Å². The molecule has 1 aliphatic carbocycles. The predicted octanol–water partition coefficient (Wildman–Crippen LogP) is 2.26. The highest BCUT2D eigenvalue weighted by Crippen LogP contribution is 2.26. The largest absolute Gasteiger partial charge is 0.505 e. The molecule has 1 aromatic carbocycles. The molecule has 2 aromatic heterocycles. The lowest BCUT2D eigenvalue weighted by atomic mass is 10.1. The van der Waals surface area contributed by atoms with Gasteiger partial charge in [-0.3, -0.25) is 9.59 Å². The minimum absolute atomic E-state index is 0.0420. The number of pyridine rings is 2. The lowest BCUT2D eigenvalue weighted by molar-refractivity contribution is 0.0943. The molecular weight excluding hydrogens is 378 g/mol. The smallest absolute Gasteiger partial charge is 0.503 e. The van der Waals surface area contributed by atoms with Crippen molar-refractivity contribution in [3.8, 4) is 5.75 Å². The molecule has 0 bridgehead atoms. The van der Waals surface area contributed by atoms with E-state index in [0.717, 1.165) is 18.4 Å². The summed E-state index contributed by atoms with van der Waals surface area (Å²) in [4.78, 5) is 37.4. The van der Waals surface area contributed by atoms with Crippen molar-refractivity contribution < 1.29 is 24.9 Å². The van der Waals surface area contributed by atoms with Crippen molar-refractivity contribution in [2.75, 3.05) is 0 Å². The molecule has 1 fully saturated rings. The summed E-state index contributed by atoms with van der Waals surface area (Å²) in [5.41, 5.74) is 0.708. The molecule has 2 heterocycles. The van der Waals surface area contributed by atoms with Crippen molar-refractivity contribution in [2.45, 2.75) is 25.4 Å². The van der Waals surface area contributed by atoms with Crippen LogP contribution in [0.25, 0.3) is 10.8 Å². The van der Waals surface area contributed by atoms with E-state index in [1.807, 2.05) is 30.3 Å². The Morgan fingerprint density at radius 2 is 1.76 bits per heavy atom. The molecule has 9 nitrogen and oxygen atoms in total. The summed E-state index contributed by atoms with van der Waals surface area (Å²) >= 11 is 0. The number of aromatic nitrogens is 2. The zero-order valence-corrected chi connectivity index (χ0v) is 15.3. The second-order valence-corrected chi connectivity index (χ2v) is 6.55. The average Bonchev–Trinajstić information content (AvgIpc) is 3.49. The fraction of sp³-hybridized carbons (Fsp3) is 0.200. The fourth-order valence-corrected chi connectivity index (χ4v) is 2.79. The molecule has 0 radical (unpaired) electrons. The van der Waals surface area contributed by atoms with Crippen LogP contribution >= 0.6 is 0 Å². The number of rotatable bonds is 4. The third-order valence-electron chi connectivity index (χ3n) is 4.33. The number of carbonyl (C=O) groups is 2. The van der Waals surface area contributed by atoms with Gasteiger partial charge < -0.3 is 25.2 Å². The van der Waals surface area contributed by atoms with E-state index in [1.54, 1.807) is 16.8 Å². The molecule has 0 atom stereocenters. The first-order chi connectivity index (χ1) is 13.9. The predicted molar refractivity (Wildman–Crippen MR) is 104 cm³/mol. The Morgan fingerprint density at radius 3 is 2.38 bits per heavy atom. The Hall–Kier alpha value is -3.88. The van der Waals surface area contributed by atoms with Crippen LogP contribution in [0.1, 0.15) is 28.9 Å². The van der Waals surface area contributed by atoms with Crippen molar-refractivity contribution in [3.05, 3.63) is 70.4 Å². The second kappa shape index (κ2) is 8.42. The van der Waals surface area contributed by atoms with Crippen LogP contribution in [0.5, 0.6) is 5.75 Å². The Labute approximate surface area is 164 Å². The third kappa shape index (κ3) is 4.89. The molecule has 1 amide bonds. The Balaban J connectivity index is 0.000000552. The lowest BCUT2D eigenvalue weighted by Crippen LogP contribution is -2.27. The van der Waals surface area contributed by atoms with E-state index in [4.69, 9.17) is 15.0 Å². The van der Waals surface area contributed by atoms with Crippen molar-refractivity contribution in [1.82, 2.24) is 14.9 Å². The highest BCUT2D eigenvalue weighted by atomic mass is 16.6. The maximum absolute atomic E-state index is 12.7. The van der Waals surface area contributed by atoms with E-state index in [1.165, 1.54) is 6.20 Å². The van der Waals surface area contributed by atoms with E-state index in [0.29, 0.717) is 17.3 Å². The number of amides is 1. The van der Waals surface area contributed by atoms with Gasteiger partial charge in [0.2, 0.25) is 0 Å². The molecule has 0 saturated heterocycles. The van der Waals surface area contributed by atoms with E-state index >= 15 is 0 Å².